The van der Waals surface area contributed by atoms with Crippen molar-refractivity contribution in [3.8, 4) is 0 Å². The molecular formula is C18H18N4O2S. The Balaban J connectivity index is 1.79. The van der Waals surface area contributed by atoms with E-state index in [0.29, 0.717) is 17.9 Å². The Morgan fingerprint density at radius 1 is 1.08 bits per heavy atom. The molecule has 3 aromatic rings. The van der Waals surface area contributed by atoms with Crippen LogP contribution in [0.4, 0.5) is 5.69 Å². The molecule has 0 N–H and O–H groups in total. The summed E-state index contributed by atoms with van der Waals surface area (Å²) >= 11 is 1.54. The summed E-state index contributed by atoms with van der Waals surface area (Å²) in [7, 11) is 0. The lowest BCUT2D eigenvalue weighted by Gasteiger charge is -2.09. The maximum absolute atomic E-state index is 11.1. The second-order valence-electron chi connectivity index (χ2n) is 5.71. The smallest absolute Gasteiger partial charge is 0.272 e. The van der Waals surface area contributed by atoms with Gasteiger partial charge in [-0.25, -0.2) is 0 Å². The van der Waals surface area contributed by atoms with Crippen molar-refractivity contribution in [1.29, 1.82) is 0 Å². The van der Waals surface area contributed by atoms with Gasteiger partial charge in [-0.2, -0.15) is 0 Å². The summed E-state index contributed by atoms with van der Waals surface area (Å²) in [5.41, 5.74) is 2.97. The molecule has 128 valence electrons. The molecule has 7 heteroatoms. The van der Waals surface area contributed by atoms with Gasteiger partial charge in [0.15, 0.2) is 5.16 Å². The Labute approximate surface area is 150 Å². The second-order valence-corrected chi connectivity index (χ2v) is 6.65. The zero-order chi connectivity index (χ0) is 17.8. The molecule has 0 radical (unpaired) electrons. The van der Waals surface area contributed by atoms with Crippen LogP contribution >= 0.6 is 11.8 Å². The van der Waals surface area contributed by atoms with E-state index in [1.54, 1.807) is 24.8 Å². The molecule has 1 heterocycles. The third-order valence-electron chi connectivity index (χ3n) is 4.06. The van der Waals surface area contributed by atoms with Crippen molar-refractivity contribution in [3.63, 3.8) is 0 Å². The zero-order valence-electron chi connectivity index (χ0n) is 14.0. The van der Waals surface area contributed by atoms with Crippen LogP contribution in [0.15, 0.2) is 53.7 Å². The Hall–Kier alpha value is -2.67. The normalized spacial score (nSPS) is 10.8. The van der Waals surface area contributed by atoms with E-state index in [4.69, 9.17) is 0 Å². The molecule has 1 aromatic heterocycles. The molecule has 2 aromatic carbocycles. The van der Waals surface area contributed by atoms with Crippen LogP contribution in [0, 0.1) is 24.0 Å². The third-order valence-corrected chi connectivity index (χ3v) is 5.07. The van der Waals surface area contributed by atoms with E-state index < -0.39 is 0 Å². The lowest BCUT2D eigenvalue weighted by molar-refractivity contribution is -0.385. The topological polar surface area (TPSA) is 73.8 Å². The standard InChI is InChI=1S/C18H18N4O2S/c1-13-16(9-6-10-17(13)22(23)24)12-25-18-20-19-14(2)21(18)11-15-7-4-3-5-8-15/h3-10H,11-12H2,1-2H3. The van der Waals surface area contributed by atoms with Crippen LogP contribution in [0.25, 0.3) is 0 Å². The van der Waals surface area contributed by atoms with Gasteiger partial charge in [-0.15, -0.1) is 10.2 Å². The molecule has 25 heavy (non-hydrogen) atoms. The Morgan fingerprint density at radius 3 is 2.56 bits per heavy atom. The monoisotopic (exact) mass is 354 g/mol. The fourth-order valence-corrected chi connectivity index (χ4v) is 3.63. The molecule has 0 saturated heterocycles. The van der Waals surface area contributed by atoms with E-state index >= 15 is 0 Å². The summed E-state index contributed by atoms with van der Waals surface area (Å²) < 4.78 is 2.06. The number of aryl methyl sites for hydroxylation is 1. The number of thioether (sulfide) groups is 1. The number of nitro groups is 1. The molecule has 0 bridgehead atoms. The molecule has 0 fully saturated rings. The van der Waals surface area contributed by atoms with E-state index in [1.165, 1.54) is 11.6 Å². The highest BCUT2D eigenvalue weighted by Gasteiger charge is 2.15. The summed E-state index contributed by atoms with van der Waals surface area (Å²) in [5, 5.41) is 20.3. The molecule has 0 saturated carbocycles. The van der Waals surface area contributed by atoms with E-state index in [2.05, 4.69) is 26.9 Å². The summed E-state index contributed by atoms with van der Waals surface area (Å²) in [6, 6.07) is 15.3. The summed E-state index contributed by atoms with van der Waals surface area (Å²) in [6.45, 7) is 4.42. The number of rotatable bonds is 6. The van der Waals surface area contributed by atoms with Crippen LogP contribution in [0.5, 0.6) is 0 Å². The first-order chi connectivity index (χ1) is 12.1. The van der Waals surface area contributed by atoms with E-state index in [-0.39, 0.29) is 10.6 Å². The minimum Gasteiger partial charge on any atom is -0.302 e. The lowest BCUT2D eigenvalue weighted by Crippen LogP contribution is -2.04. The van der Waals surface area contributed by atoms with Gasteiger partial charge in [0.1, 0.15) is 5.82 Å². The van der Waals surface area contributed by atoms with E-state index in [1.807, 2.05) is 31.2 Å². The Bertz CT molecular complexity index is 893. The van der Waals surface area contributed by atoms with Crippen LogP contribution in [-0.2, 0) is 12.3 Å². The summed E-state index contributed by atoms with van der Waals surface area (Å²) in [4.78, 5) is 10.7. The SMILES string of the molecule is Cc1c(CSc2nnc(C)n2Cc2ccccc2)cccc1[N+](=O)[O-]. The van der Waals surface area contributed by atoms with Gasteiger partial charge in [0.2, 0.25) is 0 Å². The molecule has 0 unspecified atom stereocenters. The van der Waals surface area contributed by atoms with Crippen molar-refractivity contribution in [3.05, 3.63) is 81.2 Å². The second kappa shape index (κ2) is 7.48. The number of aromatic nitrogens is 3. The third kappa shape index (κ3) is 3.88. The molecule has 3 rings (SSSR count). The fraction of sp³-hybridized carbons (Fsp3) is 0.222. The molecule has 0 aliphatic rings. The van der Waals surface area contributed by atoms with Crippen LogP contribution in [0.1, 0.15) is 22.5 Å². The van der Waals surface area contributed by atoms with Gasteiger partial charge < -0.3 is 4.57 Å². The van der Waals surface area contributed by atoms with Crippen molar-refractivity contribution in [2.24, 2.45) is 0 Å². The lowest BCUT2D eigenvalue weighted by atomic mass is 10.1. The molecule has 0 spiro atoms. The number of nitro benzene ring substituents is 1. The van der Waals surface area contributed by atoms with Crippen LogP contribution in [0.3, 0.4) is 0 Å². The maximum atomic E-state index is 11.1. The van der Waals surface area contributed by atoms with Crippen LogP contribution in [-0.4, -0.2) is 19.7 Å². The Morgan fingerprint density at radius 2 is 1.84 bits per heavy atom. The number of benzene rings is 2. The van der Waals surface area contributed by atoms with Crippen molar-refractivity contribution >= 4 is 17.4 Å². The molecule has 0 amide bonds. The van der Waals surface area contributed by atoms with Gasteiger partial charge >= 0.3 is 0 Å². The quantitative estimate of drug-likeness (QED) is 0.378. The molecular weight excluding hydrogens is 336 g/mol. The minimum atomic E-state index is -0.342. The number of nitrogens with zero attached hydrogens (tertiary/aromatic N) is 4. The fourth-order valence-electron chi connectivity index (χ4n) is 2.58. The average molecular weight is 354 g/mol. The van der Waals surface area contributed by atoms with Gasteiger partial charge in [-0.05, 0) is 25.0 Å². The minimum absolute atomic E-state index is 0.153. The highest BCUT2D eigenvalue weighted by atomic mass is 32.2. The molecule has 0 aliphatic carbocycles. The van der Waals surface area contributed by atoms with Gasteiger partial charge in [-0.1, -0.05) is 54.2 Å². The Kier molecular flexibility index (Phi) is 5.14. The highest BCUT2D eigenvalue weighted by molar-refractivity contribution is 7.98. The predicted molar refractivity (Wildman–Crippen MR) is 97.7 cm³/mol. The molecule has 0 aliphatic heterocycles. The first-order valence-corrected chi connectivity index (χ1v) is 8.84. The summed E-state index contributed by atoms with van der Waals surface area (Å²) in [5.74, 6) is 1.46. The molecule has 0 atom stereocenters. The zero-order valence-corrected chi connectivity index (χ0v) is 14.9. The average Bonchev–Trinajstić information content (AvgIpc) is 2.95. The van der Waals surface area contributed by atoms with Gasteiger partial charge in [0, 0.05) is 17.4 Å². The number of hydrogen-bond acceptors (Lipinski definition) is 5. The van der Waals surface area contributed by atoms with E-state index in [9.17, 15) is 10.1 Å². The highest BCUT2D eigenvalue weighted by Crippen LogP contribution is 2.28. The first kappa shape index (κ1) is 17.2. The van der Waals surface area contributed by atoms with Crippen molar-refractivity contribution in [2.75, 3.05) is 0 Å². The molecule has 6 nitrogen and oxygen atoms in total. The predicted octanol–water partition coefficient (Wildman–Crippen LogP) is 4.14. The van der Waals surface area contributed by atoms with Gasteiger partial charge in [0.25, 0.3) is 5.69 Å². The first-order valence-electron chi connectivity index (χ1n) is 7.85. The van der Waals surface area contributed by atoms with Gasteiger partial charge in [-0.3, -0.25) is 10.1 Å². The van der Waals surface area contributed by atoms with Crippen molar-refractivity contribution in [1.82, 2.24) is 14.8 Å². The van der Waals surface area contributed by atoms with Crippen molar-refractivity contribution in [2.45, 2.75) is 31.3 Å². The largest absolute Gasteiger partial charge is 0.302 e. The summed E-state index contributed by atoms with van der Waals surface area (Å²) in [6.07, 6.45) is 0. The van der Waals surface area contributed by atoms with Gasteiger partial charge in [0.05, 0.1) is 11.5 Å². The van der Waals surface area contributed by atoms with E-state index in [0.717, 1.165) is 16.5 Å². The maximum Gasteiger partial charge on any atom is 0.272 e. The van der Waals surface area contributed by atoms with Crippen LogP contribution in [0.2, 0.25) is 0 Å². The van der Waals surface area contributed by atoms with Crippen molar-refractivity contribution < 1.29 is 4.92 Å². The van der Waals surface area contributed by atoms with Crippen LogP contribution < -0.4 is 0 Å². The number of hydrogen-bond donors (Lipinski definition) is 0.